The molecule has 3 N–H and O–H groups in total. The monoisotopic (exact) mass is 368 g/mol. The van der Waals surface area contributed by atoms with Crippen molar-refractivity contribution in [1.29, 1.82) is 0 Å². The zero-order valence-corrected chi connectivity index (χ0v) is 15.4. The third-order valence-corrected chi connectivity index (χ3v) is 5.04. The lowest BCUT2D eigenvalue weighted by molar-refractivity contribution is -0.137. The molecule has 0 atom stereocenters. The minimum Gasteiger partial charge on any atom is -0.399 e. The molecule has 0 aliphatic carbocycles. The summed E-state index contributed by atoms with van der Waals surface area (Å²) in [6, 6.07) is 16.3. The number of nitrogen functional groups attached to an aromatic ring is 1. The first-order valence-corrected chi connectivity index (χ1v) is 10.00. The Morgan fingerprint density at radius 3 is 2.12 bits per heavy atom. The van der Waals surface area contributed by atoms with Gasteiger partial charge in [-0.2, -0.15) is 0 Å². The average Bonchev–Trinajstić information content (AvgIpc) is 2.64. The van der Waals surface area contributed by atoms with Crippen LogP contribution >= 0.6 is 0 Å². The van der Waals surface area contributed by atoms with Gasteiger partial charge in [-0.1, -0.05) is 38.1 Å². The van der Waals surface area contributed by atoms with Crippen LogP contribution in [0.1, 0.15) is 15.3 Å². The summed E-state index contributed by atoms with van der Waals surface area (Å²) in [6.45, 7) is 5.12. The lowest BCUT2D eigenvalue weighted by Gasteiger charge is -2.28. The zero-order chi connectivity index (χ0) is 18.7. The van der Waals surface area contributed by atoms with E-state index < -0.39 is 9.84 Å². The van der Waals surface area contributed by atoms with E-state index in [0.29, 0.717) is 24.5 Å². The quantitative estimate of drug-likeness (QED) is 0.480. The first-order valence-electron chi connectivity index (χ1n) is 8.17. The van der Waals surface area contributed by atoms with Crippen molar-refractivity contribution in [3.8, 4) is 5.75 Å². The molecule has 1 saturated heterocycles. The Kier molecular flexibility index (Phi) is 8.80. The fourth-order valence-electron chi connectivity index (χ4n) is 2.17. The van der Waals surface area contributed by atoms with Gasteiger partial charge in [0.1, 0.15) is 0 Å². The van der Waals surface area contributed by atoms with Gasteiger partial charge in [0.25, 0.3) is 0 Å². The average molecular weight is 368 g/mol. The van der Waals surface area contributed by atoms with Gasteiger partial charge in [-0.3, -0.25) is 0 Å². The highest BCUT2D eigenvalue weighted by Gasteiger charge is 2.21. The third kappa shape index (κ3) is 7.45. The highest BCUT2D eigenvalue weighted by Crippen LogP contribution is 2.19. The van der Waals surface area contributed by atoms with E-state index in [9.17, 15) is 8.42 Å². The number of para-hydroxylation sites is 1. The molecule has 7 heteroatoms. The van der Waals surface area contributed by atoms with Crippen molar-refractivity contribution in [3.05, 3.63) is 54.6 Å². The van der Waals surface area contributed by atoms with Crippen molar-refractivity contribution >= 4 is 21.2 Å². The van der Waals surface area contributed by atoms with Crippen LogP contribution in [0, 0.1) is 0 Å². The van der Waals surface area contributed by atoms with E-state index in [2.05, 4.69) is 9.79 Å². The van der Waals surface area contributed by atoms with Crippen LogP contribution < -0.4 is 15.5 Å². The molecule has 25 heavy (non-hydrogen) atoms. The number of benzene rings is 2. The number of sulfone groups is 1. The summed E-state index contributed by atoms with van der Waals surface area (Å²) in [5.41, 5.74) is 7.39. The topological polar surface area (TPSA) is 92.9 Å². The Morgan fingerprint density at radius 2 is 1.64 bits per heavy atom. The standard InChI is InChI=1S/C10H14N2O2S.C6H6O2.C2H6.H2/c11-9-2-1-3-10(8-9)12-4-6-15(13,14)7-5-12;7-8-6-4-2-1-3-5-6;1-2;/h1-3,8H,4-7,11H2;1-5,7H;1-2H3;1H. The van der Waals surface area contributed by atoms with Crippen molar-refractivity contribution in [2.45, 2.75) is 13.8 Å². The summed E-state index contributed by atoms with van der Waals surface area (Å²) >= 11 is 0. The molecule has 0 aromatic heterocycles. The number of anilines is 2. The summed E-state index contributed by atoms with van der Waals surface area (Å²) in [4.78, 5) is 5.97. The lowest BCUT2D eigenvalue weighted by atomic mass is 10.2. The van der Waals surface area contributed by atoms with E-state index >= 15 is 0 Å². The molecule has 0 bridgehead atoms. The van der Waals surface area contributed by atoms with Crippen molar-refractivity contribution < 1.29 is 20.0 Å². The summed E-state index contributed by atoms with van der Waals surface area (Å²) in [5, 5.41) is 8.04. The van der Waals surface area contributed by atoms with Gasteiger partial charge in [0.15, 0.2) is 15.6 Å². The smallest absolute Gasteiger partial charge is 0.165 e. The maximum atomic E-state index is 11.2. The molecule has 1 fully saturated rings. The van der Waals surface area contributed by atoms with Gasteiger partial charge >= 0.3 is 0 Å². The van der Waals surface area contributed by atoms with Gasteiger partial charge in [-0.05, 0) is 30.3 Å². The lowest BCUT2D eigenvalue weighted by Crippen LogP contribution is -2.40. The molecule has 2 aromatic rings. The Morgan fingerprint density at radius 1 is 1.04 bits per heavy atom. The normalized spacial score (nSPS) is 15.1. The van der Waals surface area contributed by atoms with Crippen LogP contribution in [0.25, 0.3) is 0 Å². The van der Waals surface area contributed by atoms with Gasteiger partial charge in [0.05, 0.1) is 11.5 Å². The number of nitrogens with two attached hydrogens (primary N) is 1. The van der Waals surface area contributed by atoms with Gasteiger partial charge in [0, 0.05) is 25.9 Å². The van der Waals surface area contributed by atoms with Crippen molar-refractivity contribution in [2.24, 2.45) is 0 Å². The maximum absolute atomic E-state index is 11.2. The molecule has 0 amide bonds. The van der Waals surface area contributed by atoms with Crippen molar-refractivity contribution in [3.63, 3.8) is 0 Å². The van der Waals surface area contributed by atoms with E-state index in [0.717, 1.165) is 5.69 Å². The highest BCUT2D eigenvalue weighted by molar-refractivity contribution is 7.91. The van der Waals surface area contributed by atoms with Crippen LogP contribution in [0.5, 0.6) is 5.75 Å². The minimum absolute atomic E-state index is 0. The van der Waals surface area contributed by atoms with Crippen LogP contribution in [0.3, 0.4) is 0 Å². The Balaban J connectivity index is 0.000000485. The van der Waals surface area contributed by atoms with Crippen LogP contribution in [0.15, 0.2) is 54.6 Å². The van der Waals surface area contributed by atoms with Crippen LogP contribution in [-0.4, -0.2) is 38.3 Å². The second-order valence-corrected chi connectivity index (χ2v) is 7.44. The number of rotatable bonds is 2. The number of nitrogens with zero attached hydrogens (tertiary/aromatic N) is 1. The van der Waals surface area contributed by atoms with Gasteiger partial charge < -0.3 is 15.5 Å². The molecule has 0 radical (unpaired) electrons. The second kappa shape index (κ2) is 10.6. The molecule has 0 unspecified atom stereocenters. The zero-order valence-electron chi connectivity index (χ0n) is 14.6. The van der Waals surface area contributed by atoms with Crippen molar-refractivity contribution in [1.82, 2.24) is 0 Å². The van der Waals surface area contributed by atoms with E-state index in [1.165, 1.54) is 0 Å². The van der Waals surface area contributed by atoms with Gasteiger partial charge in [0.2, 0.25) is 0 Å². The van der Waals surface area contributed by atoms with E-state index in [-0.39, 0.29) is 12.9 Å². The maximum Gasteiger partial charge on any atom is 0.165 e. The Hall–Kier alpha value is -2.25. The van der Waals surface area contributed by atoms with Crippen LogP contribution in [-0.2, 0) is 9.84 Å². The third-order valence-electron chi connectivity index (χ3n) is 3.43. The summed E-state index contributed by atoms with van der Waals surface area (Å²) < 4.78 is 22.5. The molecular weight excluding hydrogens is 340 g/mol. The molecule has 2 aromatic carbocycles. The first kappa shape index (κ1) is 20.8. The molecule has 1 aliphatic heterocycles. The van der Waals surface area contributed by atoms with E-state index in [1.807, 2.05) is 44.2 Å². The summed E-state index contributed by atoms with van der Waals surface area (Å²) in [6.07, 6.45) is 0. The largest absolute Gasteiger partial charge is 0.399 e. The van der Waals surface area contributed by atoms with Gasteiger partial charge in [-0.25, -0.2) is 13.7 Å². The molecule has 140 valence electrons. The summed E-state index contributed by atoms with van der Waals surface area (Å²) in [5.74, 6) is 0.941. The predicted octanol–water partition coefficient (Wildman–Crippen LogP) is 3.31. The fraction of sp³-hybridized carbons (Fsp3) is 0.333. The Labute approximate surface area is 151 Å². The molecule has 6 nitrogen and oxygen atoms in total. The SMILES string of the molecule is CC.Nc1cccc(N2CCS(=O)(=O)CC2)c1.OOc1ccccc1.[HH]. The van der Waals surface area contributed by atoms with E-state index in [4.69, 9.17) is 11.0 Å². The molecular formula is C18H28N2O4S. The molecule has 1 heterocycles. The molecule has 0 spiro atoms. The number of hydrogen-bond acceptors (Lipinski definition) is 6. The van der Waals surface area contributed by atoms with Crippen LogP contribution in [0.4, 0.5) is 11.4 Å². The minimum atomic E-state index is -2.81. The van der Waals surface area contributed by atoms with Crippen molar-refractivity contribution in [2.75, 3.05) is 35.2 Å². The number of hydrogen-bond donors (Lipinski definition) is 2. The van der Waals surface area contributed by atoms with Gasteiger partial charge in [-0.15, -0.1) is 0 Å². The molecule has 1 aliphatic rings. The highest BCUT2D eigenvalue weighted by atomic mass is 32.2. The fourth-order valence-corrected chi connectivity index (χ4v) is 3.37. The Bertz CT molecular complexity index is 713. The first-order chi connectivity index (χ1) is 12.0. The summed E-state index contributed by atoms with van der Waals surface area (Å²) in [7, 11) is -2.81. The second-order valence-electron chi connectivity index (χ2n) is 5.14. The van der Waals surface area contributed by atoms with E-state index in [1.54, 1.807) is 24.3 Å². The predicted molar refractivity (Wildman–Crippen MR) is 105 cm³/mol. The molecule has 0 saturated carbocycles. The van der Waals surface area contributed by atoms with Crippen LogP contribution in [0.2, 0.25) is 0 Å². The molecule has 3 rings (SSSR count).